The lowest BCUT2D eigenvalue weighted by atomic mass is 10.0. The molecule has 0 atom stereocenters. The summed E-state index contributed by atoms with van der Waals surface area (Å²) in [6, 6.07) is 11.6. The van der Waals surface area contributed by atoms with Crippen LogP contribution in [0.3, 0.4) is 0 Å². The molecule has 1 aliphatic rings. The lowest BCUT2D eigenvalue weighted by Crippen LogP contribution is -2.17. The van der Waals surface area contributed by atoms with Gasteiger partial charge in [-0.15, -0.1) is 0 Å². The summed E-state index contributed by atoms with van der Waals surface area (Å²) in [4.78, 5) is 21.3. The fourth-order valence-corrected chi connectivity index (χ4v) is 2.99. The minimum Gasteiger partial charge on any atom is -0.508 e. The Morgan fingerprint density at radius 2 is 1.74 bits per heavy atom. The van der Waals surface area contributed by atoms with Gasteiger partial charge < -0.3 is 5.11 Å². The van der Waals surface area contributed by atoms with Crippen molar-refractivity contribution in [1.82, 2.24) is 5.43 Å². The third-order valence-corrected chi connectivity index (χ3v) is 4.94. The van der Waals surface area contributed by atoms with Crippen molar-refractivity contribution in [2.75, 3.05) is 0 Å². The van der Waals surface area contributed by atoms with Crippen LogP contribution in [-0.2, 0) is 0 Å². The number of nitrogens with zero attached hydrogens (tertiary/aromatic N) is 3. The van der Waals surface area contributed by atoms with Gasteiger partial charge in [0, 0.05) is 28.3 Å². The molecule has 0 saturated carbocycles. The van der Waals surface area contributed by atoms with Crippen LogP contribution in [0.25, 0.3) is 0 Å². The highest BCUT2D eigenvalue weighted by Gasteiger charge is 2.23. The summed E-state index contributed by atoms with van der Waals surface area (Å²) in [6.07, 6.45) is 3.45. The Morgan fingerprint density at radius 1 is 1.06 bits per heavy atom. The molecule has 0 saturated heterocycles. The number of aromatic hydroxyl groups is 1. The first-order chi connectivity index (χ1) is 14.8. The molecule has 2 N–H and O–H groups in total. The molecular weight excluding hydrogens is 424 g/mol. The van der Waals surface area contributed by atoms with E-state index in [1.165, 1.54) is 30.4 Å². The minimum absolute atomic E-state index is 0.00353. The Kier molecular flexibility index (Phi) is 6.46. The molecule has 0 aromatic heterocycles. The predicted octanol–water partition coefficient (Wildman–Crippen LogP) is 4.30. The average Bonchev–Trinajstić information content (AvgIpc) is 2.95. The number of aryl methyl sites for hydroxylation is 1. The van der Waals surface area contributed by atoms with Crippen LogP contribution in [0.5, 0.6) is 5.75 Å². The number of phenolic OH excluding ortho intramolecular Hbond substituents is 1. The summed E-state index contributed by atoms with van der Waals surface area (Å²) in [6.45, 7) is 1.83. The lowest BCUT2D eigenvalue weighted by molar-refractivity contribution is -0.428. The molecule has 31 heavy (non-hydrogen) atoms. The molecule has 0 aliphatic heterocycles. The first-order valence-electron chi connectivity index (χ1n) is 9.06. The van der Waals surface area contributed by atoms with E-state index in [2.05, 4.69) is 10.5 Å². The number of rotatable bonds is 6. The largest absolute Gasteiger partial charge is 0.508 e. The van der Waals surface area contributed by atoms with Gasteiger partial charge in [-0.25, -0.2) is 0 Å². The SMILES string of the molecule is Cc1cc(/C(=N/NC2=CC=C([N+](=O)[O-])CC=C2[N+](=O)[O-])c2ccc(O)cc2)ccc1Cl. The zero-order valence-corrected chi connectivity index (χ0v) is 17.0. The summed E-state index contributed by atoms with van der Waals surface area (Å²) in [5.41, 5.74) is 4.74. The second-order valence-corrected chi connectivity index (χ2v) is 7.04. The number of allylic oxidation sites excluding steroid dienone is 3. The van der Waals surface area contributed by atoms with E-state index in [0.717, 1.165) is 5.56 Å². The Bertz CT molecular complexity index is 1170. The van der Waals surface area contributed by atoms with Crippen LogP contribution in [0.15, 0.2) is 82.9 Å². The Labute approximate surface area is 182 Å². The van der Waals surface area contributed by atoms with Crippen LogP contribution < -0.4 is 5.43 Å². The Balaban J connectivity index is 2.07. The fraction of sp³-hybridized carbons (Fsp3) is 0.0952. The lowest BCUT2D eigenvalue weighted by Gasteiger charge is -2.11. The highest BCUT2D eigenvalue weighted by atomic mass is 35.5. The van der Waals surface area contributed by atoms with Crippen LogP contribution in [0.1, 0.15) is 23.1 Å². The third-order valence-electron chi connectivity index (χ3n) is 4.51. The quantitative estimate of drug-likeness (QED) is 0.391. The number of phenols is 1. The second-order valence-electron chi connectivity index (χ2n) is 6.63. The molecule has 0 unspecified atom stereocenters. The summed E-state index contributed by atoms with van der Waals surface area (Å²) < 4.78 is 0. The number of nitrogens with one attached hydrogen (secondary N) is 1. The second kappa shape index (κ2) is 9.23. The van der Waals surface area contributed by atoms with Crippen LogP contribution in [0.2, 0.25) is 5.02 Å². The first kappa shape index (κ1) is 21.7. The molecule has 0 amide bonds. The van der Waals surface area contributed by atoms with Gasteiger partial charge in [0.25, 0.3) is 5.70 Å². The molecule has 0 spiro atoms. The van der Waals surface area contributed by atoms with Crippen LogP contribution in [0, 0.1) is 27.2 Å². The molecule has 0 heterocycles. The highest BCUT2D eigenvalue weighted by Crippen LogP contribution is 2.22. The number of hydrogen-bond acceptors (Lipinski definition) is 7. The van der Waals surface area contributed by atoms with Crippen molar-refractivity contribution >= 4 is 17.3 Å². The van der Waals surface area contributed by atoms with Crippen molar-refractivity contribution < 1.29 is 15.0 Å². The van der Waals surface area contributed by atoms with E-state index in [0.29, 0.717) is 21.9 Å². The van der Waals surface area contributed by atoms with Gasteiger partial charge in [0.05, 0.1) is 22.0 Å². The maximum atomic E-state index is 11.5. The smallest absolute Gasteiger partial charge is 0.290 e. The molecular formula is C21H17ClN4O5. The molecule has 9 nitrogen and oxygen atoms in total. The van der Waals surface area contributed by atoms with Gasteiger partial charge in [0.15, 0.2) is 0 Å². The predicted molar refractivity (Wildman–Crippen MR) is 116 cm³/mol. The number of hydrogen-bond donors (Lipinski definition) is 2. The molecule has 158 valence electrons. The van der Waals surface area contributed by atoms with E-state index in [4.69, 9.17) is 11.6 Å². The topological polar surface area (TPSA) is 131 Å². The average molecular weight is 441 g/mol. The van der Waals surface area contributed by atoms with Crippen molar-refractivity contribution in [3.8, 4) is 5.75 Å². The van der Waals surface area contributed by atoms with Crippen molar-refractivity contribution in [2.24, 2.45) is 5.10 Å². The van der Waals surface area contributed by atoms with Gasteiger partial charge in [-0.05, 0) is 55.0 Å². The Hall–Kier alpha value is -3.98. The summed E-state index contributed by atoms with van der Waals surface area (Å²) >= 11 is 6.12. The number of benzene rings is 2. The van der Waals surface area contributed by atoms with E-state index >= 15 is 0 Å². The van der Waals surface area contributed by atoms with E-state index in [1.54, 1.807) is 24.3 Å². The minimum atomic E-state index is -0.627. The third kappa shape index (κ3) is 5.14. The maximum Gasteiger partial charge on any atom is 0.290 e. The monoisotopic (exact) mass is 440 g/mol. The molecule has 2 aromatic carbocycles. The fourth-order valence-electron chi connectivity index (χ4n) is 2.87. The number of halogens is 1. The maximum absolute atomic E-state index is 11.5. The van der Waals surface area contributed by atoms with Gasteiger partial charge in [-0.2, -0.15) is 5.10 Å². The molecule has 0 radical (unpaired) electrons. The van der Waals surface area contributed by atoms with E-state index in [9.17, 15) is 25.3 Å². The van der Waals surface area contributed by atoms with Gasteiger partial charge in [-0.1, -0.05) is 17.7 Å². The standard InChI is InChI=1S/C21H17ClN4O5/c1-13-12-15(4-9-18(13)22)21(14-2-7-17(27)8-3-14)24-23-19-10-5-16(25(28)29)6-11-20(19)26(30)31/h2-5,7-12,23,27H,6H2,1H3/b24-21+. The number of hydrazone groups is 1. The van der Waals surface area contributed by atoms with E-state index in [1.807, 2.05) is 13.0 Å². The Morgan fingerprint density at radius 3 is 2.35 bits per heavy atom. The first-order valence-corrected chi connectivity index (χ1v) is 9.44. The zero-order chi connectivity index (χ0) is 22.5. The molecule has 1 aliphatic carbocycles. The van der Waals surface area contributed by atoms with Crippen molar-refractivity contribution in [2.45, 2.75) is 13.3 Å². The molecule has 10 heteroatoms. The van der Waals surface area contributed by atoms with Crippen LogP contribution in [0.4, 0.5) is 0 Å². The van der Waals surface area contributed by atoms with Crippen molar-refractivity contribution in [3.63, 3.8) is 0 Å². The van der Waals surface area contributed by atoms with Crippen LogP contribution >= 0.6 is 11.6 Å². The highest BCUT2D eigenvalue weighted by molar-refractivity contribution is 6.31. The molecule has 0 bridgehead atoms. The van der Waals surface area contributed by atoms with Crippen molar-refractivity contribution in [1.29, 1.82) is 0 Å². The van der Waals surface area contributed by atoms with E-state index < -0.39 is 9.85 Å². The summed E-state index contributed by atoms with van der Waals surface area (Å²) in [7, 11) is 0. The van der Waals surface area contributed by atoms with Crippen LogP contribution in [-0.4, -0.2) is 20.7 Å². The normalized spacial score (nSPS) is 14.1. The zero-order valence-electron chi connectivity index (χ0n) is 16.3. The van der Waals surface area contributed by atoms with E-state index in [-0.39, 0.29) is 29.3 Å². The number of nitro groups is 2. The molecule has 2 aromatic rings. The van der Waals surface area contributed by atoms with Crippen molar-refractivity contribution in [3.05, 3.63) is 120 Å². The molecule has 0 fully saturated rings. The molecule has 3 rings (SSSR count). The summed E-state index contributed by atoms with van der Waals surface area (Å²) in [5, 5.41) is 37.0. The summed E-state index contributed by atoms with van der Waals surface area (Å²) in [5.74, 6) is 0.0749. The van der Waals surface area contributed by atoms with Gasteiger partial charge in [-0.3, -0.25) is 25.7 Å². The van der Waals surface area contributed by atoms with Gasteiger partial charge in [0.2, 0.25) is 5.70 Å². The van der Waals surface area contributed by atoms with Gasteiger partial charge >= 0.3 is 0 Å². The van der Waals surface area contributed by atoms with Gasteiger partial charge in [0.1, 0.15) is 11.4 Å².